The highest BCUT2D eigenvalue weighted by Crippen LogP contribution is 2.13. The number of carbonyl (C=O) groups excluding carboxylic acids is 2. The van der Waals surface area contributed by atoms with Crippen LogP contribution in [0.15, 0.2) is 12.1 Å². The SMILES string of the molecule is CCCc1ccc(C(=O)N[C@H]2CCN(C(=O)c3nc(N)n[nH]3)C2)[nH]1. The minimum atomic E-state index is -0.263. The Morgan fingerprint density at radius 2 is 2.29 bits per heavy atom. The van der Waals surface area contributed by atoms with Gasteiger partial charge in [-0.05, 0) is 25.0 Å². The van der Waals surface area contributed by atoms with Crippen molar-refractivity contribution in [2.45, 2.75) is 32.2 Å². The molecule has 1 saturated heterocycles. The number of hydrogen-bond donors (Lipinski definition) is 4. The first kappa shape index (κ1) is 16.0. The third kappa shape index (κ3) is 3.39. The van der Waals surface area contributed by atoms with Gasteiger partial charge in [0, 0.05) is 24.8 Å². The number of nitrogen functional groups attached to an aromatic ring is 1. The molecule has 1 fully saturated rings. The number of nitrogens with one attached hydrogen (secondary N) is 3. The zero-order valence-corrected chi connectivity index (χ0v) is 13.5. The van der Waals surface area contributed by atoms with E-state index in [-0.39, 0.29) is 29.6 Å². The fourth-order valence-corrected chi connectivity index (χ4v) is 2.83. The highest BCUT2D eigenvalue weighted by atomic mass is 16.2. The standard InChI is InChI=1S/C15H21N7O2/c1-2-3-9-4-5-11(17-9)13(23)18-10-6-7-22(8-10)14(24)12-19-15(16)21-20-12/h4-5,10,17H,2-3,6-8H2,1H3,(H,18,23)(H3,16,19,20,21)/t10-/m0/s1. The second-order valence-corrected chi connectivity index (χ2v) is 5.90. The molecule has 128 valence electrons. The molecule has 24 heavy (non-hydrogen) atoms. The van der Waals surface area contributed by atoms with Crippen LogP contribution in [0.1, 0.15) is 46.6 Å². The molecule has 2 amide bonds. The summed E-state index contributed by atoms with van der Waals surface area (Å²) in [5.74, 6) is -0.258. The van der Waals surface area contributed by atoms with E-state index in [0.29, 0.717) is 25.2 Å². The zero-order valence-electron chi connectivity index (χ0n) is 13.5. The van der Waals surface area contributed by atoms with Crippen LogP contribution in [0.25, 0.3) is 0 Å². The van der Waals surface area contributed by atoms with Crippen LogP contribution < -0.4 is 11.1 Å². The molecule has 0 aromatic carbocycles. The number of likely N-dealkylation sites (tertiary alicyclic amines) is 1. The van der Waals surface area contributed by atoms with Gasteiger partial charge in [0.05, 0.1) is 0 Å². The second kappa shape index (κ2) is 6.73. The summed E-state index contributed by atoms with van der Waals surface area (Å²) in [6.07, 6.45) is 2.64. The van der Waals surface area contributed by atoms with Crippen LogP contribution in [0, 0.1) is 0 Å². The summed E-state index contributed by atoms with van der Waals surface area (Å²) in [5.41, 5.74) is 7.01. The van der Waals surface area contributed by atoms with Gasteiger partial charge in [0.1, 0.15) is 5.69 Å². The number of anilines is 1. The Labute approximate surface area is 139 Å². The molecule has 0 bridgehead atoms. The molecule has 1 aliphatic rings. The Morgan fingerprint density at radius 3 is 3.00 bits per heavy atom. The van der Waals surface area contributed by atoms with Crippen molar-refractivity contribution in [3.8, 4) is 0 Å². The van der Waals surface area contributed by atoms with Gasteiger partial charge in [-0.3, -0.25) is 14.7 Å². The highest BCUT2D eigenvalue weighted by Gasteiger charge is 2.29. The molecule has 2 aromatic rings. The van der Waals surface area contributed by atoms with Gasteiger partial charge in [0.2, 0.25) is 11.8 Å². The number of H-pyrrole nitrogens is 2. The first-order valence-electron chi connectivity index (χ1n) is 8.02. The van der Waals surface area contributed by atoms with Crippen LogP contribution in [0.4, 0.5) is 5.95 Å². The molecule has 1 aliphatic heterocycles. The largest absolute Gasteiger partial charge is 0.366 e. The van der Waals surface area contributed by atoms with Crippen LogP contribution in [-0.2, 0) is 6.42 Å². The number of aryl methyl sites for hydroxylation is 1. The van der Waals surface area contributed by atoms with Crippen molar-refractivity contribution in [3.63, 3.8) is 0 Å². The van der Waals surface area contributed by atoms with E-state index in [1.165, 1.54) is 0 Å². The lowest BCUT2D eigenvalue weighted by Crippen LogP contribution is -2.38. The van der Waals surface area contributed by atoms with Gasteiger partial charge in [0.25, 0.3) is 11.8 Å². The van der Waals surface area contributed by atoms with Crippen molar-refractivity contribution in [1.82, 2.24) is 30.4 Å². The van der Waals surface area contributed by atoms with Gasteiger partial charge in [-0.25, -0.2) is 0 Å². The number of rotatable bonds is 5. The zero-order chi connectivity index (χ0) is 17.1. The molecule has 3 heterocycles. The molecule has 0 unspecified atom stereocenters. The van der Waals surface area contributed by atoms with Crippen LogP contribution in [-0.4, -0.2) is 56.0 Å². The highest BCUT2D eigenvalue weighted by molar-refractivity contribution is 5.93. The van der Waals surface area contributed by atoms with E-state index < -0.39 is 0 Å². The number of aromatic nitrogens is 4. The van der Waals surface area contributed by atoms with Gasteiger partial charge in [-0.1, -0.05) is 13.3 Å². The number of aromatic amines is 2. The van der Waals surface area contributed by atoms with Crippen molar-refractivity contribution >= 4 is 17.8 Å². The minimum absolute atomic E-state index is 0.0389. The van der Waals surface area contributed by atoms with E-state index in [1.807, 2.05) is 6.07 Å². The lowest BCUT2D eigenvalue weighted by atomic mass is 10.2. The normalized spacial score (nSPS) is 17.2. The summed E-state index contributed by atoms with van der Waals surface area (Å²) < 4.78 is 0. The van der Waals surface area contributed by atoms with Crippen LogP contribution >= 0.6 is 0 Å². The first-order valence-corrected chi connectivity index (χ1v) is 8.02. The Hall–Kier alpha value is -2.84. The lowest BCUT2D eigenvalue weighted by Gasteiger charge is -2.15. The van der Waals surface area contributed by atoms with E-state index in [1.54, 1.807) is 11.0 Å². The molecule has 0 saturated carbocycles. The van der Waals surface area contributed by atoms with E-state index in [2.05, 4.69) is 32.4 Å². The number of carbonyl (C=O) groups is 2. The molecule has 0 radical (unpaired) electrons. The number of amides is 2. The van der Waals surface area contributed by atoms with Crippen LogP contribution in [0.3, 0.4) is 0 Å². The van der Waals surface area contributed by atoms with Gasteiger partial charge in [-0.2, -0.15) is 4.98 Å². The molecule has 1 atom stereocenters. The van der Waals surface area contributed by atoms with E-state index in [4.69, 9.17) is 5.73 Å². The third-order valence-electron chi connectivity index (χ3n) is 4.03. The summed E-state index contributed by atoms with van der Waals surface area (Å²) >= 11 is 0. The summed E-state index contributed by atoms with van der Waals surface area (Å²) in [6, 6.07) is 3.63. The average Bonchev–Trinajstić information content (AvgIpc) is 3.28. The average molecular weight is 331 g/mol. The Kier molecular flexibility index (Phi) is 4.50. The molecule has 0 aliphatic carbocycles. The van der Waals surface area contributed by atoms with Gasteiger partial charge >= 0.3 is 0 Å². The molecule has 3 rings (SSSR count). The summed E-state index contributed by atoms with van der Waals surface area (Å²) in [7, 11) is 0. The van der Waals surface area contributed by atoms with Crippen molar-refractivity contribution in [1.29, 1.82) is 0 Å². The van der Waals surface area contributed by atoms with Crippen molar-refractivity contribution < 1.29 is 9.59 Å². The molecular formula is C15H21N7O2. The predicted octanol–water partition coefficient (Wildman–Crippen LogP) is 0.312. The van der Waals surface area contributed by atoms with Gasteiger partial charge < -0.3 is 20.9 Å². The van der Waals surface area contributed by atoms with E-state index >= 15 is 0 Å². The Morgan fingerprint density at radius 1 is 1.46 bits per heavy atom. The second-order valence-electron chi connectivity index (χ2n) is 5.90. The lowest BCUT2D eigenvalue weighted by molar-refractivity contribution is 0.0772. The summed E-state index contributed by atoms with van der Waals surface area (Å²) in [6.45, 7) is 3.08. The molecule has 9 nitrogen and oxygen atoms in total. The number of nitrogens with two attached hydrogens (primary N) is 1. The Bertz CT molecular complexity index is 736. The fourth-order valence-electron chi connectivity index (χ4n) is 2.83. The predicted molar refractivity (Wildman–Crippen MR) is 87.4 cm³/mol. The summed E-state index contributed by atoms with van der Waals surface area (Å²) in [5, 5.41) is 9.12. The molecular weight excluding hydrogens is 310 g/mol. The van der Waals surface area contributed by atoms with Crippen molar-refractivity contribution in [2.24, 2.45) is 0 Å². The topological polar surface area (TPSA) is 133 Å². The van der Waals surface area contributed by atoms with Gasteiger partial charge in [0.15, 0.2) is 0 Å². The number of nitrogens with zero attached hydrogens (tertiary/aromatic N) is 3. The molecule has 9 heteroatoms. The third-order valence-corrected chi connectivity index (χ3v) is 4.03. The molecule has 0 spiro atoms. The Balaban J connectivity index is 1.55. The molecule has 5 N–H and O–H groups in total. The van der Waals surface area contributed by atoms with E-state index in [9.17, 15) is 9.59 Å². The molecule has 2 aromatic heterocycles. The smallest absolute Gasteiger partial charge is 0.291 e. The van der Waals surface area contributed by atoms with Gasteiger partial charge in [-0.15, -0.1) is 5.10 Å². The number of hydrogen-bond acceptors (Lipinski definition) is 5. The maximum absolute atomic E-state index is 12.3. The van der Waals surface area contributed by atoms with Crippen LogP contribution in [0.2, 0.25) is 0 Å². The maximum Gasteiger partial charge on any atom is 0.291 e. The van der Waals surface area contributed by atoms with Crippen molar-refractivity contribution in [2.75, 3.05) is 18.8 Å². The minimum Gasteiger partial charge on any atom is -0.366 e. The monoisotopic (exact) mass is 331 g/mol. The van der Waals surface area contributed by atoms with Crippen LogP contribution in [0.5, 0.6) is 0 Å². The fraction of sp³-hybridized carbons (Fsp3) is 0.467. The quantitative estimate of drug-likeness (QED) is 0.626. The first-order chi connectivity index (χ1) is 11.6. The summed E-state index contributed by atoms with van der Waals surface area (Å²) in [4.78, 5) is 33.1. The van der Waals surface area contributed by atoms with Crippen molar-refractivity contribution in [3.05, 3.63) is 29.3 Å². The maximum atomic E-state index is 12.3. The van der Waals surface area contributed by atoms with E-state index in [0.717, 1.165) is 18.5 Å².